The molecule has 1 amide bonds. The Hall–Kier alpha value is -0.700. The molecule has 4 heteroatoms. The van der Waals surface area contributed by atoms with Crippen molar-refractivity contribution in [1.82, 2.24) is 0 Å². The van der Waals surface area contributed by atoms with Gasteiger partial charge in [0.2, 0.25) is 0 Å². The highest BCUT2D eigenvalue weighted by molar-refractivity contribution is 5.89. The minimum atomic E-state index is -0.789. The summed E-state index contributed by atoms with van der Waals surface area (Å²) >= 11 is 0. The lowest BCUT2D eigenvalue weighted by molar-refractivity contribution is -0.116. The number of nitrogens with two attached hydrogens (primary N) is 1. The Kier molecular flexibility index (Phi) is 5.75. The van der Waals surface area contributed by atoms with Gasteiger partial charge in [0.1, 0.15) is 0 Å². The molecular formula is C4H8ClNO2. The number of halogens is 1. The van der Waals surface area contributed by atoms with Gasteiger partial charge in [-0.25, -0.2) is 0 Å². The average molecular weight is 138 g/mol. The van der Waals surface area contributed by atoms with Gasteiger partial charge in [0, 0.05) is 0 Å². The van der Waals surface area contributed by atoms with E-state index in [1.165, 1.54) is 13.0 Å². The molecule has 0 fully saturated rings. The molecule has 0 bridgehead atoms. The minimum Gasteiger partial charge on any atom is -0.503 e. The lowest BCUT2D eigenvalue weighted by Gasteiger charge is -1.85. The smallest absolute Gasteiger partial charge is 0.283 e. The van der Waals surface area contributed by atoms with E-state index in [1.807, 2.05) is 0 Å². The Labute approximate surface area is 53.6 Å². The molecule has 0 radical (unpaired) electrons. The summed E-state index contributed by atoms with van der Waals surface area (Å²) in [5, 5.41) is 8.32. The molecule has 0 saturated carbocycles. The normalized spacial score (nSPS) is 9.88. The second-order valence-electron chi connectivity index (χ2n) is 1.04. The van der Waals surface area contributed by atoms with Gasteiger partial charge in [-0.2, -0.15) is 0 Å². The largest absolute Gasteiger partial charge is 0.503 e. The first-order valence-electron chi connectivity index (χ1n) is 1.83. The predicted octanol–water partition coefficient (Wildman–Crippen LogP) is 0.355. The number of carbonyl (C=O) groups is 1. The third kappa shape index (κ3) is 3.49. The first-order chi connectivity index (χ1) is 3.18. The van der Waals surface area contributed by atoms with E-state index < -0.39 is 5.91 Å². The molecule has 0 atom stereocenters. The molecule has 0 aliphatic heterocycles. The number of primary amides is 1. The van der Waals surface area contributed by atoms with Gasteiger partial charge in [0.15, 0.2) is 5.76 Å². The van der Waals surface area contributed by atoms with Gasteiger partial charge in [-0.15, -0.1) is 12.4 Å². The van der Waals surface area contributed by atoms with Crippen molar-refractivity contribution in [3.05, 3.63) is 11.8 Å². The van der Waals surface area contributed by atoms with Crippen molar-refractivity contribution in [1.29, 1.82) is 0 Å². The zero-order valence-electron chi connectivity index (χ0n) is 4.42. The molecule has 0 spiro atoms. The van der Waals surface area contributed by atoms with Crippen molar-refractivity contribution in [2.24, 2.45) is 5.73 Å². The number of aliphatic hydroxyl groups is 1. The van der Waals surface area contributed by atoms with Gasteiger partial charge in [0.05, 0.1) is 0 Å². The van der Waals surface area contributed by atoms with Crippen LogP contribution in [0.1, 0.15) is 6.92 Å². The van der Waals surface area contributed by atoms with Crippen LogP contribution in [-0.4, -0.2) is 11.0 Å². The number of allylic oxidation sites excluding steroid dienone is 1. The lowest BCUT2D eigenvalue weighted by Crippen LogP contribution is -2.12. The summed E-state index contributed by atoms with van der Waals surface area (Å²) in [6.07, 6.45) is 1.24. The number of aliphatic hydroxyl groups excluding tert-OH is 1. The SMILES string of the molecule is CC=C(O)C(N)=O.Cl. The van der Waals surface area contributed by atoms with E-state index in [0.29, 0.717) is 0 Å². The number of hydrogen-bond acceptors (Lipinski definition) is 2. The molecular weight excluding hydrogens is 130 g/mol. The molecule has 0 rings (SSSR count). The fraction of sp³-hybridized carbons (Fsp3) is 0.250. The Morgan fingerprint density at radius 2 is 2.12 bits per heavy atom. The third-order valence-corrected chi connectivity index (χ3v) is 0.526. The van der Waals surface area contributed by atoms with E-state index in [9.17, 15) is 4.79 Å². The molecule has 0 aliphatic rings. The monoisotopic (exact) mass is 137 g/mol. The van der Waals surface area contributed by atoms with Gasteiger partial charge in [-0.05, 0) is 13.0 Å². The van der Waals surface area contributed by atoms with Crippen LogP contribution >= 0.6 is 12.4 Å². The summed E-state index contributed by atoms with van der Waals surface area (Å²) in [5.74, 6) is -1.18. The maximum atomic E-state index is 9.83. The molecule has 0 unspecified atom stereocenters. The van der Waals surface area contributed by atoms with Crippen molar-refractivity contribution >= 4 is 18.3 Å². The summed E-state index contributed by atoms with van der Waals surface area (Å²) in [5.41, 5.74) is 4.59. The van der Waals surface area contributed by atoms with Crippen molar-refractivity contribution in [3.63, 3.8) is 0 Å². The molecule has 0 aromatic carbocycles. The topological polar surface area (TPSA) is 63.3 Å². The quantitative estimate of drug-likeness (QED) is 0.405. The maximum Gasteiger partial charge on any atom is 0.283 e. The number of hydrogen-bond donors (Lipinski definition) is 2. The maximum absolute atomic E-state index is 9.83. The van der Waals surface area contributed by atoms with Crippen LogP contribution in [0.15, 0.2) is 11.8 Å². The van der Waals surface area contributed by atoms with E-state index in [0.717, 1.165) is 0 Å². The zero-order valence-corrected chi connectivity index (χ0v) is 5.23. The molecule has 8 heavy (non-hydrogen) atoms. The number of carbonyl (C=O) groups excluding carboxylic acids is 1. The van der Waals surface area contributed by atoms with E-state index in [-0.39, 0.29) is 18.2 Å². The van der Waals surface area contributed by atoms with Gasteiger partial charge in [0.25, 0.3) is 5.91 Å². The molecule has 0 heterocycles. The van der Waals surface area contributed by atoms with E-state index in [4.69, 9.17) is 5.11 Å². The van der Waals surface area contributed by atoms with Gasteiger partial charge >= 0.3 is 0 Å². The van der Waals surface area contributed by atoms with Crippen LogP contribution in [0.25, 0.3) is 0 Å². The second-order valence-corrected chi connectivity index (χ2v) is 1.04. The molecule has 0 aromatic rings. The van der Waals surface area contributed by atoms with Crippen LogP contribution in [0.5, 0.6) is 0 Å². The molecule has 0 saturated heterocycles. The Morgan fingerprint density at radius 1 is 1.75 bits per heavy atom. The fourth-order valence-electron chi connectivity index (χ4n) is 0.142. The Balaban J connectivity index is 0. The zero-order chi connectivity index (χ0) is 5.86. The standard InChI is InChI=1S/C4H7NO2.ClH/c1-2-3(6)4(5)7;/h2,6H,1H3,(H2,5,7);1H. The third-order valence-electron chi connectivity index (χ3n) is 0.526. The highest BCUT2D eigenvalue weighted by Gasteiger charge is 1.94. The minimum absolute atomic E-state index is 0. The van der Waals surface area contributed by atoms with Crippen molar-refractivity contribution < 1.29 is 9.90 Å². The summed E-state index contributed by atoms with van der Waals surface area (Å²) in [4.78, 5) is 9.83. The van der Waals surface area contributed by atoms with Crippen molar-refractivity contribution in [3.8, 4) is 0 Å². The average Bonchev–Trinajstić information content (AvgIpc) is 1.65. The van der Waals surface area contributed by atoms with Crippen LogP contribution in [0.2, 0.25) is 0 Å². The first-order valence-corrected chi connectivity index (χ1v) is 1.83. The van der Waals surface area contributed by atoms with Crippen molar-refractivity contribution in [2.75, 3.05) is 0 Å². The van der Waals surface area contributed by atoms with Gasteiger partial charge in [-0.1, -0.05) is 0 Å². The summed E-state index contributed by atoms with van der Waals surface area (Å²) in [6, 6.07) is 0. The van der Waals surface area contributed by atoms with Crippen LogP contribution in [0.3, 0.4) is 0 Å². The van der Waals surface area contributed by atoms with Gasteiger partial charge < -0.3 is 10.8 Å². The van der Waals surface area contributed by atoms with E-state index in [1.54, 1.807) is 0 Å². The molecule has 0 aromatic heterocycles. The Morgan fingerprint density at radius 3 is 2.12 bits per heavy atom. The molecule has 48 valence electrons. The summed E-state index contributed by atoms with van der Waals surface area (Å²) in [7, 11) is 0. The van der Waals surface area contributed by atoms with E-state index in [2.05, 4.69) is 5.73 Å². The fourth-order valence-corrected chi connectivity index (χ4v) is 0.142. The van der Waals surface area contributed by atoms with Crippen LogP contribution in [0, 0.1) is 0 Å². The lowest BCUT2D eigenvalue weighted by atomic mass is 10.4. The number of rotatable bonds is 1. The van der Waals surface area contributed by atoms with Crippen LogP contribution < -0.4 is 5.73 Å². The summed E-state index contributed by atoms with van der Waals surface area (Å²) < 4.78 is 0. The second kappa shape index (κ2) is 4.46. The van der Waals surface area contributed by atoms with Crippen molar-refractivity contribution in [2.45, 2.75) is 6.92 Å². The summed E-state index contributed by atoms with van der Waals surface area (Å²) in [6.45, 7) is 1.53. The van der Waals surface area contributed by atoms with Gasteiger partial charge in [-0.3, -0.25) is 4.79 Å². The highest BCUT2D eigenvalue weighted by Crippen LogP contribution is 1.80. The number of amides is 1. The molecule has 0 aliphatic carbocycles. The Bertz CT molecular complexity index is 111. The van der Waals surface area contributed by atoms with Crippen LogP contribution in [0.4, 0.5) is 0 Å². The van der Waals surface area contributed by atoms with E-state index >= 15 is 0 Å². The highest BCUT2D eigenvalue weighted by atomic mass is 35.5. The first kappa shape index (κ1) is 10.3. The predicted molar refractivity (Wildman–Crippen MR) is 32.8 cm³/mol. The molecule has 3 N–H and O–H groups in total. The van der Waals surface area contributed by atoms with Crippen LogP contribution in [-0.2, 0) is 4.79 Å². The molecule has 3 nitrogen and oxygen atoms in total.